The maximum Gasteiger partial charge on any atom is 0.319 e. The second kappa shape index (κ2) is 7.24. The summed E-state index contributed by atoms with van der Waals surface area (Å²) in [6.07, 6.45) is -0.947. The summed E-state index contributed by atoms with van der Waals surface area (Å²) in [7, 11) is 0. The molecule has 0 aliphatic heterocycles. The fourth-order valence-corrected chi connectivity index (χ4v) is 2.14. The first kappa shape index (κ1) is 16.3. The zero-order valence-corrected chi connectivity index (χ0v) is 12.6. The van der Waals surface area contributed by atoms with Crippen LogP contribution in [0.15, 0.2) is 48.5 Å². The second-order valence-electron chi connectivity index (χ2n) is 4.86. The number of rotatable bonds is 4. The summed E-state index contributed by atoms with van der Waals surface area (Å²) in [5, 5.41) is 15.8. The summed E-state index contributed by atoms with van der Waals surface area (Å²) in [6, 6.07) is 11.3. The molecule has 0 fully saturated rings. The van der Waals surface area contributed by atoms with E-state index in [9.17, 15) is 14.3 Å². The van der Waals surface area contributed by atoms with Crippen LogP contribution in [0.5, 0.6) is 0 Å². The molecule has 2 aromatic rings. The van der Waals surface area contributed by atoms with Gasteiger partial charge in [0.2, 0.25) is 0 Å². The Balaban J connectivity index is 1.96. The van der Waals surface area contributed by atoms with Crippen LogP contribution in [0, 0.1) is 5.82 Å². The predicted octanol–water partition coefficient (Wildman–Crippen LogP) is 3.72. The van der Waals surface area contributed by atoms with Gasteiger partial charge in [-0.25, -0.2) is 9.18 Å². The largest absolute Gasteiger partial charge is 0.386 e. The zero-order valence-electron chi connectivity index (χ0n) is 11.9. The third-order valence-corrected chi connectivity index (χ3v) is 3.50. The van der Waals surface area contributed by atoms with Gasteiger partial charge in [-0.15, -0.1) is 0 Å². The van der Waals surface area contributed by atoms with Crippen molar-refractivity contribution in [2.45, 2.75) is 19.1 Å². The smallest absolute Gasteiger partial charge is 0.319 e. The van der Waals surface area contributed by atoms with E-state index in [4.69, 9.17) is 11.6 Å². The van der Waals surface area contributed by atoms with Crippen LogP contribution < -0.4 is 10.6 Å². The van der Waals surface area contributed by atoms with E-state index in [0.29, 0.717) is 16.3 Å². The standard InChI is InChI=1S/C16H16ClFN2O2/c1-10(15(21)11-6-8-12(18)9-7-11)19-16(22)20-14-5-3-2-4-13(14)17/h2-10,15,21H,1H3,(H2,19,20,22). The van der Waals surface area contributed by atoms with Crippen LogP contribution in [0.3, 0.4) is 0 Å². The van der Waals surface area contributed by atoms with Gasteiger partial charge in [-0.1, -0.05) is 35.9 Å². The highest BCUT2D eigenvalue weighted by atomic mass is 35.5. The van der Waals surface area contributed by atoms with E-state index in [1.807, 2.05) is 0 Å². The van der Waals surface area contributed by atoms with Crippen molar-refractivity contribution in [1.29, 1.82) is 0 Å². The molecular formula is C16H16ClFN2O2. The molecule has 0 aromatic heterocycles. The number of benzene rings is 2. The fraction of sp³-hybridized carbons (Fsp3) is 0.188. The highest BCUT2D eigenvalue weighted by Gasteiger charge is 2.18. The van der Waals surface area contributed by atoms with Gasteiger partial charge in [0.25, 0.3) is 0 Å². The molecular weight excluding hydrogens is 307 g/mol. The molecule has 3 N–H and O–H groups in total. The number of amides is 2. The van der Waals surface area contributed by atoms with Crippen LogP contribution in [0.4, 0.5) is 14.9 Å². The van der Waals surface area contributed by atoms with Gasteiger partial charge in [0, 0.05) is 0 Å². The minimum atomic E-state index is -0.947. The number of nitrogens with one attached hydrogen (secondary N) is 2. The number of carbonyl (C=O) groups is 1. The lowest BCUT2D eigenvalue weighted by Gasteiger charge is -2.21. The first-order valence-corrected chi connectivity index (χ1v) is 7.11. The van der Waals surface area contributed by atoms with E-state index < -0.39 is 18.2 Å². The predicted molar refractivity (Wildman–Crippen MR) is 84.4 cm³/mol. The number of para-hydroxylation sites is 1. The van der Waals surface area contributed by atoms with Crippen LogP contribution in [-0.4, -0.2) is 17.2 Å². The van der Waals surface area contributed by atoms with E-state index in [-0.39, 0.29) is 5.82 Å². The first-order chi connectivity index (χ1) is 10.5. The number of carbonyl (C=O) groups excluding carboxylic acids is 1. The highest BCUT2D eigenvalue weighted by Crippen LogP contribution is 2.21. The third kappa shape index (κ3) is 4.19. The SMILES string of the molecule is CC(NC(=O)Nc1ccccc1Cl)C(O)c1ccc(F)cc1. The average Bonchev–Trinajstić information content (AvgIpc) is 2.49. The lowest BCUT2D eigenvalue weighted by atomic mass is 10.0. The summed E-state index contributed by atoms with van der Waals surface area (Å²) in [5.74, 6) is -0.381. The summed E-state index contributed by atoms with van der Waals surface area (Å²) >= 11 is 5.95. The molecule has 2 unspecified atom stereocenters. The molecule has 4 nitrogen and oxygen atoms in total. The number of urea groups is 1. The number of hydrogen-bond acceptors (Lipinski definition) is 2. The Bertz CT molecular complexity index is 649. The van der Waals surface area contributed by atoms with E-state index >= 15 is 0 Å². The Morgan fingerprint density at radius 2 is 1.82 bits per heavy atom. The Morgan fingerprint density at radius 1 is 1.18 bits per heavy atom. The van der Waals surface area contributed by atoms with Crippen molar-refractivity contribution in [3.63, 3.8) is 0 Å². The Morgan fingerprint density at radius 3 is 2.45 bits per heavy atom. The van der Waals surface area contributed by atoms with E-state index in [1.54, 1.807) is 31.2 Å². The van der Waals surface area contributed by atoms with E-state index in [0.717, 1.165) is 0 Å². The molecule has 0 aliphatic rings. The van der Waals surface area contributed by atoms with Gasteiger partial charge in [-0.05, 0) is 36.8 Å². The normalized spacial score (nSPS) is 13.3. The van der Waals surface area contributed by atoms with Crippen molar-refractivity contribution in [2.75, 3.05) is 5.32 Å². The molecule has 0 spiro atoms. The van der Waals surface area contributed by atoms with Gasteiger partial charge in [0.1, 0.15) is 5.82 Å². The number of hydrogen-bond donors (Lipinski definition) is 3. The van der Waals surface area contributed by atoms with E-state index in [1.165, 1.54) is 24.3 Å². The Kier molecular flexibility index (Phi) is 5.35. The van der Waals surface area contributed by atoms with Crippen LogP contribution in [-0.2, 0) is 0 Å². The quantitative estimate of drug-likeness (QED) is 0.803. The second-order valence-corrected chi connectivity index (χ2v) is 5.27. The lowest BCUT2D eigenvalue weighted by Crippen LogP contribution is -2.39. The molecule has 2 rings (SSSR count). The van der Waals surface area contributed by atoms with Crippen molar-refractivity contribution in [2.24, 2.45) is 0 Å². The average molecular weight is 323 g/mol. The lowest BCUT2D eigenvalue weighted by molar-refractivity contribution is 0.139. The number of anilines is 1. The van der Waals surface area contributed by atoms with Gasteiger partial charge in [-0.2, -0.15) is 0 Å². The van der Waals surface area contributed by atoms with Gasteiger partial charge in [0.15, 0.2) is 0 Å². The highest BCUT2D eigenvalue weighted by molar-refractivity contribution is 6.33. The molecule has 2 amide bonds. The van der Waals surface area contributed by atoms with Crippen LogP contribution >= 0.6 is 11.6 Å². The minimum Gasteiger partial charge on any atom is -0.386 e. The summed E-state index contributed by atoms with van der Waals surface area (Å²) in [4.78, 5) is 11.9. The molecule has 0 radical (unpaired) electrons. The van der Waals surface area contributed by atoms with Crippen LogP contribution in [0.2, 0.25) is 5.02 Å². The molecule has 2 atom stereocenters. The number of halogens is 2. The summed E-state index contributed by atoms with van der Waals surface area (Å²) in [5.41, 5.74) is 0.997. The number of aliphatic hydroxyl groups excluding tert-OH is 1. The third-order valence-electron chi connectivity index (χ3n) is 3.17. The van der Waals surface area contributed by atoms with Crippen LogP contribution in [0.25, 0.3) is 0 Å². The van der Waals surface area contributed by atoms with Crippen molar-refractivity contribution < 1.29 is 14.3 Å². The molecule has 116 valence electrons. The van der Waals surface area contributed by atoms with Crippen molar-refractivity contribution in [3.05, 3.63) is 64.9 Å². The maximum atomic E-state index is 12.9. The van der Waals surface area contributed by atoms with Gasteiger partial charge >= 0.3 is 6.03 Å². The molecule has 0 saturated heterocycles. The molecule has 0 heterocycles. The number of aliphatic hydroxyl groups is 1. The Hall–Kier alpha value is -2.11. The monoisotopic (exact) mass is 322 g/mol. The molecule has 2 aromatic carbocycles. The van der Waals surface area contributed by atoms with Crippen LogP contribution in [0.1, 0.15) is 18.6 Å². The van der Waals surface area contributed by atoms with Crippen molar-refractivity contribution in [1.82, 2.24) is 5.32 Å². The molecule has 0 saturated carbocycles. The van der Waals surface area contributed by atoms with E-state index in [2.05, 4.69) is 10.6 Å². The topological polar surface area (TPSA) is 61.4 Å². The van der Waals surface area contributed by atoms with Gasteiger partial charge < -0.3 is 15.7 Å². The van der Waals surface area contributed by atoms with Gasteiger partial charge in [0.05, 0.1) is 22.9 Å². The molecule has 6 heteroatoms. The van der Waals surface area contributed by atoms with Crippen molar-refractivity contribution in [3.8, 4) is 0 Å². The zero-order chi connectivity index (χ0) is 16.1. The van der Waals surface area contributed by atoms with Crippen molar-refractivity contribution >= 4 is 23.3 Å². The first-order valence-electron chi connectivity index (χ1n) is 6.73. The maximum absolute atomic E-state index is 12.9. The molecule has 22 heavy (non-hydrogen) atoms. The van der Waals surface area contributed by atoms with Gasteiger partial charge in [-0.3, -0.25) is 0 Å². The molecule has 0 bridgehead atoms. The summed E-state index contributed by atoms with van der Waals surface area (Å²) in [6.45, 7) is 1.65. The molecule has 0 aliphatic carbocycles. The summed E-state index contributed by atoms with van der Waals surface area (Å²) < 4.78 is 12.9. The fourth-order valence-electron chi connectivity index (χ4n) is 1.96. The Labute approximate surface area is 132 Å². The minimum absolute atomic E-state index is 0.381.